The molecule has 2 heterocycles. The van der Waals surface area contributed by atoms with Crippen LogP contribution in [0.15, 0.2) is 40.5 Å². The van der Waals surface area contributed by atoms with Crippen molar-refractivity contribution in [3.05, 3.63) is 78.3 Å². The molecule has 0 spiro atoms. The first-order valence-corrected chi connectivity index (χ1v) is 8.97. The van der Waals surface area contributed by atoms with Gasteiger partial charge in [0.05, 0.1) is 5.69 Å². The average Bonchev–Trinajstić information content (AvgIpc) is 3.15. The third-order valence-electron chi connectivity index (χ3n) is 3.80. The molecule has 0 amide bonds. The second-order valence-electron chi connectivity index (χ2n) is 5.55. The number of rotatable bonds is 4. The van der Waals surface area contributed by atoms with E-state index in [9.17, 15) is 20.0 Å². The van der Waals surface area contributed by atoms with Crippen LogP contribution < -0.4 is 5.56 Å². The molecular formula is C19H12ClN3O3S. The number of nitriles is 1. The molecule has 3 aromatic rings. The van der Waals surface area contributed by atoms with Gasteiger partial charge in [0.1, 0.15) is 11.6 Å². The molecule has 1 aromatic carbocycles. The minimum Gasteiger partial charge on any atom is -0.476 e. The van der Waals surface area contributed by atoms with Gasteiger partial charge in [-0.1, -0.05) is 23.7 Å². The molecular weight excluding hydrogens is 386 g/mol. The summed E-state index contributed by atoms with van der Waals surface area (Å²) in [4.78, 5) is 25.3. The van der Waals surface area contributed by atoms with Gasteiger partial charge in [0.2, 0.25) is 0 Å². The van der Waals surface area contributed by atoms with Crippen molar-refractivity contribution < 1.29 is 9.90 Å². The fourth-order valence-electron chi connectivity index (χ4n) is 2.41. The topological polar surface area (TPSA) is 96.0 Å². The van der Waals surface area contributed by atoms with Gasteiger partial charge in [-0.15, -0.1) is 11.3 Å². The molecule has 0 atom stereocenters. The summed E-state index contributed by atoms with van der Waals surface area (Å²) in [7, 11) is 0. The Labute approximate surface area is 163 Å². The molecule has 0 aliphatic carbocycles. The largest absolute Gasteiger partial charge is 0.476 e. The molecule has 0 saturated heterocycles. The fraction of sp³-hybridized carbons (Fsp3) is 0.0526. The van der Waals surface area contributed by atoms with Crippen LogP contribution in [0.25, 0.3) is 17.8 Å². The maximum Gasteiger partial charge on any atom is 0.357 e. The number of hydrogen-bond acceptors (Lipinski definition) is 5. The summed E-state index contributed by atoms with van der Waals surface area (Å²) in [6.07, 6.45) is 3.07. The lowest BCUT2D eigenvalue weighted by Crippen LogP contribution is -2.28. The Morgan fingerprint density at radius 3 is 2.74 bits per heavy atom. The molecule has 0 bridgehead atoms. The van der Waals surface area contributed by atoms with Gasteiger partial charge in [0, 0.05) is 15.5 Å². The number of carboxylic acid groups (broad SMARTS) is 1. The fourth-order valence-corrected chi connectivity index (χ4v) is 3.20. The highest BCUT2D eigenvalue weighted by Crippen LogP contribution is 2.20. The Bertz CT molecular complexity index is 1160. The van der Waals surface area contributed by atoms with Gasteiger partial charge in [-0.25, -0.2) is 4.79 Å². The number of aromatic carboxylic acids is 1. The molecule has 0 unspecified atom stereocenters. The highest BCUT2D eigenvalue weighted by atomic mass is 35.5. The van der Waals surface area contributed by atoms with Crippen molar-refractivity contribution in [1.29, 1.82) is 5.26 Å². The van der Waals surface area contributed by atoms with Crippen molar-refractivity contribution in [2.45, 2.75) is 6.92 Å². The van der Waals surface area contributed by atoms with Gasteiger partial charge in [0.15, 0.2) is 5.69 Å². The monoisotopic (exact) mass is 397 g/mol. The van der Waals surface area contributed by atoms with E-state index in [0.717, 1.165) is 15.1 Å². The summed E-state index contributed by atoms with van der Waals surface area (Å²) in [5.74, 6) is -1.34. The number of carboxylic acids is 1. The zero-order valence-corrected chi connectivity index (χ0v) is 15.6. The first-order valence-electron chi connectivity index (χ1n) is 7.71. The normalized spacial score (nSPS) is 10.9. The maximum absolute atomic E-state index is 12.8. The van der Waals surface area contributed by atoms with Crippen LogP contribution in [0.2, 0.25) is 5.02 Å². The summed E-state index contributed by atoms with van der Waals surface area (Å²) in [5, 5.41) is 25.3. The van der Waals surface area contributed by atoms with Gasteiger partial charge < -0.3 is 5.11 Å². The molecule has 1 N–H and O–H groups in total. The predicted octanol–water partition coefficient (Wildman–Crippen LogP) is 4.00. The van der Waals surface area contributed by atoms with Crippen molar-refractivity contribution in [3.63, 3.8) is 0 Å². The van der Waals surface area contributed by atoms with E-state index < -0.39 is 17.2 Å². The van der Waals surface area contributed by atoms with E-state index >= 15 is 0 Å². The zero-order valence-electron chi connectivity index (χ0n) is 14.0. The van der Waals surface area contributed by atoms with Crippen LogP contribution in [0.4, 0.5) is 0 Å². The number of thiophene rings is 1. The second kappa shape index (κ2) is 7.58. The van der Waals surface area contributed by atoms with Crippen LogP contribution in [0.3, 0.4) is 0 Å². The van der Waals surface area contributed by atoms with Crippen molar-refractivity contribution >= 4 is 41.1 Å². The zero-order chi connectivity index (χ0) is 19.6. The lowest BCUT2D eigenvalue weighted by molar-refractivity contribution is 0.0688. The van der Waals surface area contributed by atoms with Crippen molar-refractivity contribution in [1.82, 2.24) is 9.78 Å². The lowest BCUT2D eigenvalue weighted by Gasteiger charge is -2.10. The molecule has 8 heteroatoms. The lowest BCUT2D eigenvalue weighted by atomic mass is 10.1. The van der Waals surface area contributed by atoms with Crippen molar-refractivity contribution in [3.8, 4) is 11.8 Å². The Hall–Kier alpha value is -3.21. The summed E-state index contributed by atoms with van der Waals surface area (Å²) >= 11 is 7.54. The quantitative estimate of drug-likeness (QED) is 0.717. The molecule has 134 valence electrons. The van der Waals surface area contributed by atoms with Gasteiger partial charge in [-0.2, -0.15) is 15.0 Å². The molecule has 2 aromatic heterocycles. The van der Waals surface area contributed by atoms with E-state index in [0.29, 0.717) is 5.02 Å². The highest BCUT2D eigenvalue weighted by Gasteiger charge is 2.21. The predicted molar refractivity (Wildman–Crippen MR) is 105 cm³/mol. The van der Waals surface area contributed by atoms with Crippen LogP contribution >= 0.6 is 22.9 Å². The molecule has 0 aliphatic heterocycles. The van der Waals surface area contributed by atoms with Gasteiger partial charge in [-0.3, -0.25) is 4.79 Å². The minimum atomic E-state index is -1.34. The number of aryl methyl sites for hydroxylation is 1. The smallest absolute Gasteiger partial charge is 0.357 e. The Kier molecular flexibility index (Phi) is 5.21. The Balaban J connectivity index is 2.26. The van der Waals surface area contributed by atoms with E-state index in [1.54, 1.807) is 25.1 Å². The van der Waals surface area contributed by atoms with Gasteiger partial charge >= 0.3 is 5.97 Å². The number of carbonyl (C=O) groups is 1. The first kappa shape index (κ1) is 18.6. The third-order valence-corrected chi connectivity index (χ3v) is 5.05. The summed E-state index contributed by atoms with van der Waals surface area (Å²) in [6, 6.07) is 10.2. The van der Waals surface area contributed by atoms with Crippen LogP contribution in [0.5, 0.6) is 0 Å². The standard InChI is InChI=1S/C19H12ClN3O3S/c1-11-4-5-12(9-16(11)20)23-18(24)15(10-21)14(17(22-23)19(25)26)7-6-13-3-2-8-27-13/h2-9H,1H3,(H,25,26)/b7-6+. The molecule has 27 heavy (non-hydrogen) atoms. The van der Waals surface area contributed by atoms with Crippen LogP contribution in [-0.2, 0) is 0 Å². The maximum atomic E-state index is 12.8. The molecule has 0 radical (unpaired) electrons. The van der Waals surface area contributed by atoms with Gasteiger partial charge in [-0.05, 0) is 48.2 Å². The molecule has 3 rings (SSSR count). The first-order chi connectivity index (χ1) is 12.9. The summed E-state index contributed by atoms with van der Waals surface area (Å²) in [6.45, 7) is 1.80. The number of hydrogen-bond donors (Lipinski definition) is 1. The Morgan fingerprint density at radius 1 is 1.37 bits per heavy atom. The SMILES string of the molecule is Cc1ccc(-n2nc(C(=O)O)c(/C=C/c3cccs3)c(C#N)c2=O)cc1Cl. The van der Waals surface area contributed by atoms with E-state index in [1.165, 1.54) is 23.5 Å². The minimum absolute atomic E-state index is 0.0298. The molecule has 6 nitrogen and oxygen atoms in total. The van der Waals surface area contributed by atoms with E-state index in [1.807, 2.05) is 23.6 Å². The van der Waals surface area contributed by atoms with E-state index in [4.69, 9.17) is 11.6 Å². The highest BCUT2D eigenvalue weighted by molar-refractivity contribution is 7.10. The van der Waals surface area contributed by atoms with Gasteiger partial charge in [0.25, 0.3) is 5.56 Å². The van der Waals surface area contributed by atoms with E-state index in [-0.39, 0.29) is 16.8 Å². The van der Waals surface area contributed by atoms with Crippen LogP contribution in [-0.4, -0.2) is 20.9 Å². The number of aromatic nitrogens is 2. The third kappa shape index (κ3) is 3.67. The number of nitrogens with zero attached hydrogens (tertiary/aromatic N) is 3. The van der Waals surface area contributed by atoms with E-state index in [2.05, 4.69) is 5.10 Å². The number of halogens is 1. The average molecular weight is 398 g/mol. The summed E-state index contributed by atoms with van der Waals surface area (Å²) < 4.78 is 0.885. The molecule has 0 fully saturated rings. The van der Waals surface area contributed by atoms with Crippen molar-refractivity contribution in [2.24, 2.45) is 0 Å². The molecule has 0 aliphatic rings. The molecule has 0 saturated carbocycles. The summed E-state index contributed by atoms with van der Waals surface area (Å²) in [5.41, 5.74) is -0.361. The second-order valence-corrected chi connectivity index (χ2v) is 6.94. The Morgan fingerprint density at radius 2 is 2.15 bits per heavy atom. The van der Waals surface area contributed by atoms with Crippen molar-refractivity contribution in [2.75, 3.05) is 0 Å². The van der Waals surface area contributed by atoms with Crippen LogP contribution in [0.1, 0.15) is 32.1 Å². The number of benzene rings is 1. The van der Waals surface area contributed by atoms with Crippen LogP contribution in [0, 0.1) is 18.3 Å².